The van der Waals surface area contributed by atoms with Crippen LogP contribution in [-0.2, 0) is 0 Å². The van der Waals surface area contributed by atoms with Crippen molar-refractivity contribution in [2.45, 2.75) is 38.5 Å². The number of hydrogen-bond donors (Lipinski definition) is 0. The van der Waals surface area contributed by atoms with Crippen LogP contribution in [0.15, 0.2) is 142 Å². The van der Waals surface area contributed by atoms with Gasteiger partial charge in [0.15, 0.2) is 28.1 Å². The van der Waals surface area contributed by atoms with E-state index < -0.39 is 0 Å². The molecule has 0 spiro atoms. The molecule has 0 saturated carbocycles. The van der Waals surface area contributed by atoms with Gasteiger partial charge in [0.25, 0.3) is 0 Å². The maximum atomic E-state index is 6.68. The molecule has 2 unspecified atom stereocenters. The Balaban J connectivity index is 0.957. The van der Waals surface area contributed by atoms with Gasteiger partial charge in [-0.1, -0.05) is 74.5 Å². The maximum Gasteiger partial charge on any atom is 0.237 e. The van der Waals surface area contributed by atoms with Crippen molar-refractivity contribution in [3.05, 3.63) is 150 Å². The Morgan fingerprint density at radius 3 is 2.13 bits per heavy atom. The highest BCUT2D eigenvalue weighted by Gasteiger charge is 2.32. The van der Waals surface area contributed by atoms with Crippen LogP contribution in [0.1, 0.15) is 60.2 Å². The van der Waals surface area contributed by atoms with Crippen molar-refractivity contribution >= 4 is 116 Å². The van der Waals surface area contributed by atoms with E-state index >= 15 is 0 Å². The summed E-state index contributed by atoms with van der Waals surface area (Å²) in [6.45, 7) is 4.59. The van der Waals surface area contributed by atoms with E-state index in [9.17, 15) is 0 Å². The van der Waals surface area contributed by atoms with Gasteiger partial charge in [-0.3, -0.25) is 19.1 Å². The zero-order valence-corrected chi connectivity index (χ0v) is 36.8. The number of fused-ring (bicyclic) bond motifs is 15. The maximum absolute atomic E-state index is 6.68. The zero-order chi connectivity index (χ0) is 44.1. The summed E-state index contributed by atoms with van der Waals surface area (Å²) in [5, 5.41) is 3.58. The van der Waals surface area contributed by atoms with Gasteiger partial charge in [0, 0.05) is 44.6 Å². The van der Waals surface area contributed by atoms with E-state index in [1.54, 1.807) is 23.7 Å². The van der Waals surface area contributed by atoms with Crippen molar-refractivity contribution in [2.75, 3.05) is 0 Å². The highest BCUT2D eigenvalue weighted by molar-refractivity contribution is 7.20. The molecule has 15 rings (SSSR count). The highest BCUT2D eigenvalue weighted by atomic mass is 32.1. The number of rotatable bonds is 4. The largest absolute Gasteiger partial charge is 0.452 e. The van der Waals surface area contributed by atoms with Crippen LogP contribution in [0, 0.1) is 0 Å². The van der Waals surface area contributed by atoms with Crippen LogP contribution >= 0.6 is 11.3 Å². The van der Waals surface area contributed by atoms with Crippen LogP contribution in [0.2, 0.25) is 0 Å². The van der Waals surface area contributed by atoms with E-state index in [1.165, 1.54) is 32.9 Å². The Morgan fingerprint density at radius 2 is 1.33 bits per heavy atom. The summed E-state index contributed by atoms with van der Waals surface area (Å²) in [6.07, 6.45) is 12.9. The molecule has 1 aliphatic heterocycles. The molecule has 10 aromatic heterocycles. The molecule has 0 saturated heterocycles. The van der Waals surface area contributed by atoms with Gasteiger partial charge in [-0.15, -0.1) is 11.3 Å². The van der Waals surface area contributed by atoms with Gasteiger partial charge in [0.2, 0.25) is 5.95 Å². The predicted molar refractivity (Wildman–Crippen MR) is 265 cm³/mol. The summed E-state index contributed by atoms with van der Waals surface area (Å²) in [6, 6.07) is 33.7. The molecule has 2 atom stereocenters. The van der Waals surface area contributed by atoms with E-state index in [4.69, 9.17) is 33.8 Å². The molecule has 11 heterocycles. The number of nitrogens with zero attached hydrogens (tertiary/aromatic N) is 10. The zero-order valence-electron chi connectivity index (χ0n) is 36.0. The minimum atomic E-state index is 0.125. The lowest BCUT2D eigenvalue weighted by Crippen LogP contribution is -2.11. The van der Waals surface area contributed by atoms with Crippen LogP contribution in [-0.4, -0.2) is 49.7 Å². The van der Waals surface area contributed by atoms with E-state index in [0.29, 0.717) is 68.4 Å². The number of thiophene rings is 1. The topological polar surface area (TPSA) is 139 Å². The number of hydrogen-bond acceptors (Lipinski definition) is 11. The third-order valence-corrected chi connectivity index (χ3v) is 15.1. The van der Waals surface area contributed by atoms with E-state index in [1.807, 2.05) is 30.5 Å². The Labute approximate surface area is 383 Å². The van der Waals surface area contributed by atoms with Crippen molar-refractivity contribution in [3.63, 3.8) is 0 Å². The lowest BCUT2D eigenvalue weighted by molar-refractivity contribution is 0.664. The van der Waals surface area contributed by atoms with Crippen molar-refractivity contribution in [2.24, 2.45) is 4.99 Å². The molecule has 13 heteroatoms. The van der Waals surface area contributed by atoms with Crippen molar-refractivity contribution in [1.29, 1.82) is 0 Å². The average molecular weight is 887 g/mol. The number of para-hydroxylation sites is 3. The lowest BCUT2D eigenvalue weighted by Gasteiger charge is -2.19. The first-order valence-corrected chi connectivity index (χ1v) is 23.2. The van der Waals surface area contributed by atoms with Gasteiger partial charge in [-0.25, -0.2) is 24.9 Å². The summed E-state index contributed by atoms with van der Waals surface area (Å²) in [7, 11) is 0. The van der Waals surface area contributed by atoms with Gasteiger partial charge in [-0.2, -0.15) is 4.98 Å². The van der Waals surface area contributed by atoms with Crippen LogP contribution in [0.5, 0.6) is 0 Å². The molecular formula is C54H34N10O2S. The third-order valence-electron chi connectivity index (χ3n) is 13.7. The molecule has 0 bridgehead atoms. The van der Waals surface area contributed by atoms with Crippen LogP contribution < -0.4 is 0 Å². The minimum Gasteiger partial charge on any atom is -0.452 e. The molecule has 0 fully saturated rings. The average Bonchev–Trinajstić information content (AvgIpc) is 4.18. The Hall–Kier alpha value is -8.42. The predicted octanol–water partition coefficient (Wildman–Crippen LogP) is 13.3. The van der Waals surface area contributed by atoms with Crippen molar-refractivity contribution in [3.8, 4) is 23.0 Å². The van der Waals surface area contributed by atoms with Gasteiger partial charge in [0.1, 0.15) is 39.6 Å². The number of allylic oxidation sites excluding steroid dienone is 1. The fourth-order valence-corrected chi connectivity index (χ4v) is 11.9. The second kappa shape index (κ2) is 13.6. The summed E-state index contributed by atoms with van der Waals surface area (Å²) in [4.78, 5) is 41.1. The molecule has 2 aliphatic rings. The van der Waals surface area contributed by atoms with Crippen LogP contribution in [0.4, 0.5) is 5.69 Å². The molecule has 318 valence electrons. The van der Waals surface area contributed by atoms with Gasteiger partial charge < -0.3 is 8.83 Å². The number of aromatic nitrogens is 9. The quantitative estimate of drug-likeness (QED) is 0.169. The molecule has 0 N–H and O–H groups in total. The van der Waals surface area contributed by atoms with Gasteiger partial charge >= 0.3 is 0 Å². The third kappa shape index (κ3) is 5.11. The molecule has 1 aliphatic carbocycles. The summed E-state index contributed by atoms with van der Waals surface area (Å²) < 4.78 is 18.5. The number of pyridine rings is 3. The van der Waals surface area contributed by atoms with E-state index in [0.717, 1.165) is 67.2 Å². The first-order chi connectivity index (χ1) is 33.1. The molecule has 13 aromatic rings. The fourth-order valence-electron chi connectivity index (χ4n) is 10.7. The van der Waals surface area contributed by atoms with Crippen LogP contribution in [0.3, 0.4) is 0 Å². The molecular weight excluding hydrogens is 853 g/mol. The smallest absolute Gasteiger partial charge is 0.237 e. The number of benzene rings is 3. The van der Waals surface area contributed by atoms with Gasteiger partial charge in [-0.05, 0) is 78.8 Å². The minimum absolute atomic E-state index is 0.125. The standard InChI is InChI=1S/C54H34N10O2S/c1-27-10-9-17-39-42(27)33-13-5-8-16-38(33)64(39)54-61-48-47-51(67-52(48)53(62-54)63-36-14-6-3-11-29(36)30-12-4-7-15-37(30)63)28(2)24-35(60-47)32-21-23-57-46-44-40(65-50(32)46)19-18-34(59-44)31-20-22-56-45-43-41(66-49(31)45)25-55-26-58-43/h3-9,11-23,25-28H,10,24H2,1-2H3. The lowest BCUT2D eigenvalue weighted by atomic mass is 9.91. The Bertz CT molecular complexity index is 4300. The highest BCUT2D eigenvalue weighted by Crippen LogP contribution is 2.50. The van der Waals surface area contributed by atoms with Gasteiger partial charge in [0.05, 0.1) is 44.5 Å². The molecule has 0 radical (unpaired) electrons. The molecule has 3 aromatic carbocycles. The van der Waals surface area contributed by atoms with E-state index in [-0.39, 0.29) is 5.92 Å². The normalized spacial score (nSPS) is 16.1. The number of aliphatic imine (C=N–C) groups is 1. The number of furan rings is 2. The first-order valence-electron chi connectivity index (χ1n) is 22.4. The second-order valence-electron chi connectivity index (χ2n) is 17.6. The summed E-state index contributed by atoms with van der Waals surface area (Å²) >= 11 is 1.75. The van der Waals surface area contributed by atoms with Crippen molar-refractivity contribution in [1.82, 2.24) is 44.0 Å². The summed E-state index contributed by atoms with van der Waals surface area (Å²) in [5.41, 5.74) is 15.8. The summed E-state index contributed by atoms with van der Waals surface area (Å²) in [5.74, 6) is 1.93. The van der Waals surface area contributed by atoms with Crippen molar-refractivity contribution < 1.29 is 8.83 Å². The van der Waals surface area contributed by atoms with E-state index in [2.05, 4.69) is 123 Å². The molecule has 0 amide bonds. The SMILES string of the molecule is CC1CC(c2ccnc3c2oc2ccc(-c4ccnc5c4oc4cncnc45)nc23)=Nc2c1sc1c(-n3c4ccccc4c4ccccc43)nc(-n3c4c(c5ccccc53)C(C)CC=C4)nc21. The monoisotopic (exact) mass is 886 g/mol. The fraction of sp³-hybridized carbons (Fsp3) is 0.111. The first kappa shape index (κ1) is 36.9. The Morgan fingerprint density at radius 1 is 0.627 bits per heavy atom. The molecule has 12 nitrogen and oxygen atoms in total. The molecule has 67 heavy (non-hydrogen) atoms. The second-order valence-corrected chi connectivity index (χ2v) is 18.7. The Kier molecular flexibility index (Phi) is 7.46. The van der Waals surface area contributed by atoms with Crippen LogP contribution in [0.25, 0.3) is 116 Å².